The first-order valence-corrected chi connectivity index (χ1v) is 10.5. The molecule has 1 saturated carbocycles. The Balaban J connectivity index is 1.55. The molecule has 0 spiro atoms. The van der Waals surface area contributed by atoms with E-state index in [1.54, 1.807) is 13.1 Å². The molecule has 164 valence electrons. The Morgan fingerprint density at radius 2 is 1.91 bits per heavy atom. The normalized spacial score (nSPS) is 14.4. The maximum atomic E-state index is 12.4. The Kier molecular flexibility index (Phi) is 4.76. The average Bonchev–Trinajstić information content (AvgIpc) is 3.58. The van der Waals surface area contributed by atoms with Gasteiger partial charge in [-0.15, -0.1) is 10.2 Å². The first kappa shape index (κ1) is 20.0. The van der Waals surface area contributed by atoms with Crippen LogP contribution >= 0.6 is 0 Å². The highest BCUT2D eigenvalue weighted by Gasteiger charge is 2.30. The van der Waals surface area contributed by atoms with Crippen molar-refractivity contribution in [2.45, 2.75) is 19.4 Å². The molecule has 0 radical (unpaired) electrons. The van der Waals surface area contributed by atoms with Gasteiger partial charge in [-0.05, 0) is 18.9 Å². The molecular formula is C22H24N8O2. The molecular weight excluding hydrogens is 408 g/mol. The molecule has 2 amide bonds. The van der Waals surface area contributed by atoms with Gasteiger partial charge < -0.3 is 20.9 Å². The van der Waals surface area contributed by atoms with Crippen LogP contribution in [0.5, 0.6) is 0 Å². The van der Waals surface area contributed by atoms with Gasteiger partial charge in [-0.1, -0.05) is 12.1 Å². The molecule has 2 aliphatic rings. The molecule has 3 N–H and O–H groups in total. The van der Waals surface area contributed by atoms with Crippen molar-refractivity contribution in [3.63, 3.8) is 0 Å². The fourth-order valence-electron chi connectivity index (χ4n) is 4.01. The monoisotopic (exact) mass is 432 g/mol. The highest BCUT2D eigenvalue weighted by atomic mass is 16.2. The summed E-state index contributed by atoms with van der Waals surface area (Å²) in [7, 11) is 5.50. The van der Waals surface area contributed by atoms with E-state index < -0.39 is 0 Å². The Hall–Kier alpha value is -3.95. The highest BCUT2D eigenvalue weighted by Crippen LogP contribution is 2.43. The lowest BCUT2D eigenvalue weighted by atomic mass is 9.98. The number of aryl methyl sites for hydroxylation is 1. The number of hydrogen-bond acceptors (Lipinski definition) is 7. The number of nitrogens with one attached hydrogen (secondary N) is 3. The second-order valence-electron chi connectivity index (χ2n) is 8.15. The van der Waals surface area contributed by atoms with Gasteiger partial charge in [0.15, 0.2) is 11.5 Å². The molecule has 0 saturated heterocycles. The first-order valence-electron chi connectivity index (χ1n) is 10.5. The lowest BCUT2D eigenvalue weighted by Crippen LogP contribution is -2.25. The van der Waals surface area contributed by atoms with E-state index in [-0.39, 0.29) is 23.4 Å². The maximum Gasteiger partial charge on any atom is 0.273 e. The van der Waals surface area contributed by atoms with Crippen LogP contribution in [0.25, 0.3) is 11.1 Å². The largest absolute Gasteiger partial charge is 0.366 e. The van der Waals surface area contributed by atoms with Crippen molar-refractivity contribution in [2.75, 3.05) is 29.6 Å². The molecule has 10 heteroatoms. The van der Waals surface area contributed by atoms with E-state index >= 15 is 0 Å². The third kappa shape index (κ3) is 3.43. The van der Waals surface area contributed by atoms with Crippen LogP contribution in [0.3, 0.4) is 0 Å². The smallest absolute Gasteiger partial charge is 0.273 e. The zero-order valence-electron chi connectivity index (χ0n) is 18.1. The second kappa shape index (κ2) is 7.63. The molecule has 2 aromatic heterocycles. The Bertz CT molecular complexity index is 1230. The molecule has 10 nitrogen and oxygen atoms in total. The fraction of sp³-hybridized carbons (Fsp3) is 0.318. The van der Waals surface area contributed by atoms with Crippen LogP contribution in [-0.4, -0.2) is 45.9 Å². The summed E-state index contributed by atoms with van der Waals surface area (Å²) < 4.78 is 1.89. The minimum Gasteiger partial charge on any atom is -0.366 e. The van der Waals surface area contributed by atoms with Gasteiger partial charge in [-0.25, -0.2) is 0 Å². The summed E-state index contributed by atoms with van der Waals surface area (Å²) in [4.78, 5) is 26.8. The van der Waals surface area contributed by atoms with Crippen molar-refractivity contribution in [1.82, 2.24) is 25.3 Å². The van der Waals surface area contributed by atoms with Crippen molar-refractivity contribution in [3.05, 3.63) is 41.9 Å². The highest BCUT2D eigenvalue weighted by molar-refractivity contribution is 6.01. The molecule has 0 bridgehead atoms. The van der Waals surface area contributed by atoms with Gasteiger partial charge >= 0.3 is 0 Å². The minimum atomic E-state index is -0.368. The quantitative estimate of drug-likeness (QED) is 0.566. The summed E-state index contributed by atoms with van der Waals surface area (Å²) in [6, 6.07) is 7.62. The van der Waals surface area contributed by atoms with Crippen LogP contribution in [0.15, 0.2) is 30.5 Å². The van der Waals surface area contributed by atoms with Crippen LogP contribution < -0.4 is 20.9 Å². The predicted octanol–water partition coefficient (Wildman–Crippen LogP) is 2.28. The molecule has 0 unspecified atom stereocenters. The van der Waals surface area contributed by atoms with Crippen LogP contribution in [0.2, 0.25) is 0 Å². The molecule has 0 atom stereocenters. The molecule has 1 fully saturated rings. The minimum absolute atomic E-state index is 0.0373. The van der Waals surface area contributed by atoms with E-state index in [4.69, 9.17) is 0 Å². The van der Waals surface area contributed by atoms with Crippen molar-refractivity contribution in [3.8, 4) is 11.1 Å². The van der Waals surface area contributed by atoms with Crippen LogP contribution in [0, 0.1) is 5.92 Å². The van der Waals surface area contributed by atoms with E-state index in [0.29, 0.717) is 18.1 Å². The van der Waals surface area contributed by atoms with Gasteiger partial charge in [0.05, 0.1) is 35.5 Å². The summed E-state index contributed by atoms with van der Waals surface area (Å²) in [6.45, 7) is 0.705. The van der Waals surface area contributed by atoms with E-state index in [9.17, 15) is 9.59 Å². The number of carbonyl (C=O) groups is 2. The van der Waals surface area contributed by atoms with Crippen molar-refractivity contribution in [1.29, 1.82) is 0 Å². The predicted molar refractivity (Wildman–Crippen MR) is 121 cm³/mol. The average molecular weight is 432 g/mol. The van der Waals surface area contributed by atoms with E-state index in [0.717, 1.165) is 41.0 Å². The fourth-order valence-corrected chi connectivity index (χ4v) is 4.01. The number of fused-ring (bicyclic) bond motifs is 3. The van der Waals surface area contributed by atoms with Gasteiger partial charge in [0, 0.05) is 44.3 Å². The van der Waals surface area contributed by atoms with Gasteiger partial charge in [-0.2, -0.15) is 5.10 Å². The van der Waals surface area contributed by atoms with Crippen molar-refractivity contribution >= 4 is 34.7 Å². The molecule has 1 aromatic carbocycles. The first-order chi connectivity index (χ1) is 15.5. The molecule has 3 heterocycles. The number of aromatic nitrogens is 4. The number of benzene rings is 1. The number of hydrogen-bond donors (Lipinski definition) is 3. The van der Waals surface area contributed by atoms with E-state index in [2.05, 4.69) is 42.2 Å². The third-order valence-corrected chi connectivity index (χ3v) is 5.86. The van der Waals surface area contributed by atoms with Crippen LogP contribution in [0.4, 0.5) is 22.9 Å². The van der Waals surface area contributed by atoms with Gasteiger partial charge in [-0.3, -0.25) is 14.3 Å². The SMILES string of the molecule is CNC(=O)c1nnc(NC(=O)C2CC2)cc1Nc1cccc2c1N(C)Cc1c-2cnn1C. The molecule has 5 rings (SSSR count). The summed E-state index contributed by atoms with van der Waals surface area (Å²) in [5.74, 6) is -0.0910. The number of nitrogens with zero attached hydrogens (tertiary/aromatic N) is 5. The summed E-state index contributed by atoms with van der Waals surface area (Å²) in [5.41, 5.74) is 5.70. The lowest BCUT2D eigenvalue weighted by molar-refractivity contribution is -0.117. The van der Waals surface area contributed by atoms with Crippen molar-refractivity contribution < 1.29 is 9.59 Å². The third-order valence-electron chi connectivity index (χ3n) is 5.86. The van der Waals surface area contributed by atoms with E-state index in [1.807, 2.05) is 37.1 Å². The number of amides is 2. The summed E-state index contributed by atoms with van der Waals surface area (Å²) >= 11 is 0. The lowest BCUT2D eigenvalue weighted by Gasteiger charge is -2.30. The topological polar surface area (TPSA) is 117 Å². The van der Waals surface area contributed by atoms with Crippen LogP contribution in [-0.2, 0) is 18.4 Å². The molecule has 3 aromatic rings. The molecule has 1 aliphatic heterocycles. The van der Waals surface area contributed by atoms with Gasteiger partial charge in [0.1, 0.15) is 0 Å². The maximum absolute atomic E-state index is 12.4. The van der Waals surface area contributed by atoms with E-state index in [1.165, 1.54) is 0 Å². The number of rotatable bonds is 5. The zero-order chi connectivity index (χ0) is 22.4. The Morgan fingerprint density at radius 1 is 1.09 bits per heavy atom. The molecule has 32 heavy (non-hydrogen) atoms. The second-order valence-corrected chi connectivity index (χ2v) is 8.15. The number of carbonyl (C=O) groups excluding carboxylic acids is 2. The van der Waals surface area contributed by atoms with Crippen molar-refractivity contribution in [2.24, 2.45) is 13.0 Å². The van der Waals surface area contributed by atoms with Gasteiger partial charge in [0.2, 0.25) is 5.91 Å². The molecule has 1 aliphatic carbocycles. The van der Waals surface area contributed by atoms with Crippen LogP contribution in [0.1, 0.15) is 29.0 Å². The zero-order valence-corrected chi connectivity index (χ0v) is 18.1. The standard InChI is InChI=1S/C22H24N8O2/c1-23-22(32)19-16(9-18(27-28-19)26-21(31)12-7-8-12)25-15-6-4-5-13-14-10-24-30(3)17(14)11-29(2)20(13)15/h4-6,9-10,12H,7-8,11H2,1-3H3,(H,23,32)(H2,25,26,27,31). The number of para-hydroxylation sites is 1. The Morgan fingerprint density at radius 3 is 2.66 bits per heavy atom. The summed E-state index contributed by atoms with van der Waals surface area (Å²) in [6.07, 6.45) is 3.65. The van der Waals surface area contributed by atoms with Gasteiger partial charge in [0.25, 0.3) is 5.91 Å². The number of anilines is 4. The Labute approximate surface area is 185 Å². The summed E-state index contributed by atoms with van der Waals surface area (Å²) in [5, 5.41) is 21.3.